The fraction of sp³-hybridized carbons (Fsp3) is 0.154. The third-order valence-electron chi connectivity index (χ3n) is 1.76. The van der Waals surface area contributed by atoms with Gasteiger partial charge in [0.2, 0.25) is 0 Å². The minimum Gasteiger partial charge on any atom is -0.362 e. The Balaban J connectivity index is 2.63. The number of hydrogen-bond acceptors (Lipinski definition) is 3. The average Bonchev–Trinajstić information content (AvgIpc) is 2.31. The molecule has 1 rings (SSSR count). The lowest BCUT2D eigenvalue weighted by Crippen LogP contribution is -2.28. The molecule has 0 bridgehead atoms. The summed E-state index contributed by atoms with van der Waals surface area (Å²) in [7, 11) is 0. The molecule has 16 heavy (non-hydrogen) atoms. The smallest absolute Gasteiger partial charge is 0.357 e. The second-order valence-electron chi connectivity index (χ2n) is 2.95. The molecule has 0 amide bonds. The maximum absolute atomic E-state index is 11.6. The zero-order valence-corrected chi connectivity index (χ0v) is 8.72. The predicted molar refractivity (Wildman–Crippen MR) is 61.1 cm³/mol. The van der Waals surface area contributed by atoms with Crippen molar-refractivity contribution in [1.29, 1.82) is 0 Å². The van der Waals surface area contributed by atoms with E-state index in [9.17, 15) is 4.79 Å². The van der Waals surface area contributed by atoms with Crippen molar-refractivity contribution in [1.82, 2.24) is 5.06 Å². The van der Waals surface area contributed by atoms with E-state index in [1.165, 1.54) is 5.06 Å². The fourth-order valence-corrected chi connectivity index (χ4v) is 1.07. The number of benzene rings is 1. The molecule has 0 unspecified atom stereocenters. The number of terminal acetylenes is 2. The van der Waals surface area contributed by atoms with Gasteiger partial charge in [-0.1, -0.05) is 30.0 Å². The summed E-state index contributed by atoms with van der Waals surface area (Å²) in [6.45, 7) is 0.339. The summed E-state index contributed by atoms with van der Waals surface area (Å²) in [5, 5.41) is 1.26. The van der Waals surface area contributed by atoms with Crippen LogP contribution in [0.25, 0.3) is 0 Å². The van der Waals surface area contributed by atoms with E-state index in [1.54, 1.807) is 24.3 Å². The summed E-state index contributed by atoms with van der Waals surface area (Å²) in [5.74, 6) is 4.26. The van der Waals surface area contributed by atoms with Gasteiger partial charge in [0.15, 0.2) is 0 Å². The summed E-state index contributed by atoms with van der Waals surface area (Å²) in [4.78, 5) is 16.6. The van der Waals surface area contributed by atoms with Crippen LogP contribution in [0.4, 0.5) is 0 Å². The van der Waals surface area contributed by atoms with E-state index in [2.05, 4.69) is 11.8 Å². The molecule has 0 aromatic heterocycles. The summed E-state index contributed by atoms with van der Waals surface area (Å²) >= 11 is 0. The van der Waals surface area contributed by atoms with Gasteiger partial charge in [-0.05, 0) is 12.1 Å². The van der Waals surface area contributed by atoms with Crippen LogP contribution in [-0.4, -0.2) is 24.1 Å². The van der Waals surface area contributed by atoms with E-state index in [4.69, 9.17) is 17.7 Å². The van der Waals surface area contributed by atoms with Crippen LogP contribution in [0.5, 0.6) is 0 Å². The lowest BCUT2D eigenvalue weighted by molar-refractivity contribution is -0.0908. The Morgan fingerprint density at radius 2 is 1.75 bits per heavy atom. The molecule has 3 nitrogen and oxygen atoms in total. The Morgan fingerprint density at radius 3 is 2.25 bits per heavy atom. The van der Waals surface area contributed by atoms with Gasteiger partial charge in [-0.25, -0.2) is 4.79 Å². The first-order valence-electron chi connectivity index (χ1n) is 4.67. The Bertz CT molecular complexity index is 409. The first kappa shape index (κ1) is 11.8. The SMILES string of the molecule is C#CCN(CC#C)OC(=O)c1ccccc1. The highest BCUT2D eigenvalue weighted by molar-refractivity contribution is 5.89. The molecule has 1 aromatic carbocycles. The van der Waals surface area contributed by atoms with Crippen molar-refractivity contribution in [2.45, 2.75) is 0 Å². The van der Waals surface area contributed by atoms with Gasteiger partial charge >= 0.3 is 5.97 Å². The molecular weight excluding hydrogens is 202 g/mol. The van der Waals surface area contributed by atoms with Crippen molar-refractivity contribution in [2.24, 2.45) is 0 Å². The van der Waals surface area contributed by atoms with Crippen molar-refractivity contribution in [3.63, 3.8) is 0 Å². The maximum atomic E-state index is 11.6. The Labute approximate surface area is 95.0 Å². The van der Waals surface area contributed by atoms with E-state index in [0.717, 1.165) is 0 Å². The first-order chi connectivity index (χ1) is 7.77. The van der Waals surface area contributed by atoms with Gasteiger partial charge in [-0.2, -0.15) is 0 Å². The van der Waals surface area contributed by atoms with Gasteiger partial charge in [-0.3, -0.25) is 0 Å². The standard InChI is InChI=1S/C13H11NO2/c1-3-10-14(11-4-2)16-13(15)12-8-6-5-7-9-12/h1-2,5-9H,10-11H2. The summed E-state index contributed by atoms with van der Waals surface area (Å²) in [5.41, 5.74) is 0.460. The lowest BCUT2D eigenvalue weighted by atomic mass is 10.2. The van der Waals surface area contributed by atoms with Gasteiger partial charge in [-0.15, -0.1) is 17.9 Å². The largest absolute Gasteiger partial charge is 0.362 e. The molecule has 80 valence electrons. The number of nitrogens with zero attached hydrogens (tertiary/aromatic N) is 1. The molecule has 0 fully saturated rings. The normalized spacial score (nSPS) is 9.19. The molecule has 1 aromatic rings. The van der Waals surface area contributed by atoms with Crippen LogP contribution in [-0.2, 0) is 4.84 Å². The molecule has 0 aliphatic rings. The topological polar surface area (TPSA) is 29.5 Å². The second kappa shape index (κ2) is 6.29. The van der Waals surface area contributed by atoms with Crippen molar-refractivity contribution in [3.8, 4) is 24.7 Å². The number of carbonyl (C=O) groups is 1. The van der Waals surface area contributed by atoms with E-state index >= 15 is 0 Å². The molecule has 0 aliphatic heterocycles. The molecule has 0 N–H and O–H groups in total. The summed E-state index contributed by atoms with van der Waals surface area (Å²) in [6, 6.07) is 8.64. The molecule has 0 radical (unpaired) electrons. The van der Waals surface area contributed by atoms with Gasteiger partial charge in [0, 0.05) is 0 Å². The first-order valence-corrected chi connectivity index (χ1v) is 4.67. The second-order valence-corrected chi connectivity index (χ2v) is 2.95. The summed E-state index contributed by atoms with van der Waals surface area (Å²) < 4.78 is 0. The van der Waals surface area contributed by atoms with Crippen LogP contribution in [0.1, 0.15) is 10.4 Å². The van der Waals surface area contributed by atoms with Crippen molar-refractivity contribution < 1.29 is 9.63 Å². The molecule has 0 aliphatic carbocycles. The lowest BCUT2D eigenvalue weighted by Gasteiger charge is -2.15. The predicted octanol–water partition coefficient (Wildman–Crippen LogP) is 1.33. The average molecular weight is 213 g/mol. The zero-order valence-electron chi connectivity index (χ0n) is 8.72. The Kier molecular flexibility index (Phi) is 4.66. The molecule has 0 saturated carbocycles. The Hall–Kier alpha value is -2.23. The van der Waals surface area contributed by atoms with Crippen molar-refractivity contribution >= 4 is 5.97 Å². The third kappa shape index (κ3) is 3.49. The van der Waals surface area contributed by atoms with E-state index in [-0.39, 0.29) is 13.1 Å². The molecule has 3 heteroatoms. The Morgan fingerprint density at radius 1 is 1.19 bits per heavy atom. The highest BCUT2D eigenvalue weighted by Crippen LogP contribution is 2.02. The molecule has 0 heterocycles. The van der Waals surface area contributed by atoms with Crippen LogP contribution in [0.15, 0.2) is 30.3 Å². The van der Waals surface area contributed by atoms with E-state index in [1.807, 2.05) is 6.07 Å². The minimum atomic E-state index is -0.467. The minimum absolute atomic E-state index is 0.169. The molecular formula is C13H11NO2. The van der Waals surface area contributed by atoms with E-state index < -0.39 is 5.97 Å². The number of rotatable bonds is 4. The van der Waals surface area contributed by atoms with Crippen molar-refractivity contribution in [2.75, 3.05) is 13.1 Å². The van der Waals surface area contributed by atoms with Crippen molar-refractivity contribution in [3.05, 3.63) is 35.9 Å². The quantitative estimate of drug-likeness (QED) is 0.558. The molecule has 0 saturated heterocycles. The summed E-state index contributed by atoms with van der Waals surface area (Å²) in [6.07, 6.45) is 10.2. The monoisotopic (exact) mass is 213 g/mol. The maximum Gasteiger partial charge on any atom is 0.357 e. The van der Waals surface area contributed by atoms with Crippen LogP contribution < -0.4 is 0 Å². The highest BCUT2D eigenvalue weighted by atomic mass is 16.7. The molecule has 0 atom stereocenters. The van der Waals surface area contributed by atoms with Gasteiger partial charge in [0.25, 0.3) is 0 Å². The highest BCUT2D eigenvalue weighted by Gasteiger charge is 2.11. The van der Waals surface area contributed by atoms with Gasteiger partial charge < -0.3 is 4.84 Å². The van der Waals surface area contributed by atoms with Crippen LogP contribution in [0.2, 0.25) is 0 Å². The number of hydrogen-bond donors (Lipinski definition) is 0. The van der Waals surface area contributed by atoms with E-state index in [0.29, 0.717) is 5.56 Å². The zero-order chi connectivity index (χ0) is 11.8. The number of hydroxylamine groups is 2. The van der Waals surface area contributed by atoms with Crippen LogP contribution in [0.3, 0.4) is 0 Å². The van der Waals surface area contributed by atoms with Crippen LogP contribution in [0, 0.1) is 24.7 Å². The van der Waals surface area contributed by atoms with Gasteiger partial charge in [0.1, 0.15) is 0 Å². The molecule has 0 spiro atoms. The third-order valence-corrected chi connectivity index (χ3v) is 1.76. The van der Waals surface area contributed by atoms with Crippen LogP contribution >= 0.6 is 0 Å². The number of carbonyl (C=O) groups excluding carboxylic acids is 1. The fourth-order valence-electron chi connectivity index (χ4n) is 1.07. The van der Waals surface area contributed by atoms with Gasteiger partial charge in [0.05, 0.1) is 18.7 Å².